The van der Waals surface area contributed by atoms with Crippen LogP contribution in [0.15, 0.2) is 77.7 Å². The number of nitrogens with zero attached hydrogens (tertiary/aromatic N) is 2. The summed E-state index contributed by atoms with van der Waals surface area (Å²) in [5, 5.41) is 2.73. The molecule has 3 aromatic rings. The Bertz CT molecular complexity index is 1280. The van der Waals surface area contributed by atoms with Crippen LogP contribution < -0.4 is 14.4 Å². The highest BCUT2D eigenvalue weighted by molar-refractivity contribution is 7.92. The molecule has 0 heterocycles. The van der Waals surface area contributed by atoms with Crippen LogP contribution in [0.5, 0.6) is 5.75 Å². The molecule has 0 aliphatic carbocycles. The van der Waals surface area contributed by atoms with Crippen molar-refractivity contribution in [3.05, 3.63) is 84.2 Å². The summed E-state index contributed by atoms with van der Waals surface area (Å²) >= 11 is 0. The second kappa shape index (κ2) is 11.0. The first kappa shape index (κ1) is 25.7. The largest absolute Gasteiger partial charge is 0.484 e. The fraction of sp³-hybridized carbons (Fsp3) is 0.200. The zero-order chi connectivity index (χ0) is 25.6. The minimum atomic E-state index is -3.87. The third-order valence-electron chi connectivity index (χ3n) is 5.18. The standard InChI is InChI=1S/C25H26FN3O5S/c1-18-4-8-20(9-5-18)27-24(30)16-28(2)25(31)17-34-22-12-10-21(11-13-22)29(3)35(32,33)23-14-6-19(26)7-15-23/h4-15H,16-17H2,1-3H3,(H,27,30). The molecule has 3 aromatic carbocycles. The first-order valence-electron chi connectivity index (χ1n) is 10.6. The van der Waals surface area contributed by atoms with Crippen LogP contribution in [-0.4, -0.2) is 52.4 Å². The Morgan fingerprint density at radius 1 is 0.914 bits per heavy atom. The molecule has 0 bridgehead atoms. The van der Waals surface area contributed by atoms with Gasteiger partial charge in [-0.3, -0.25) is 13.9 Å². The van der Waals surface area contributed by atoms with E-state index < -0.39 is 21.7 Å². The number of anilines is 2. The van der Waals surface area contributed by atoms with Gasteiger partial charge in [-0.2, -0.15) is 0 Å². The first-order valence-corrected chi connectivity index (χ1v) is 12.1. The first-order chi connectivity index (χ1) is 16.6. The molecule has 0 atom stereocenters. The number of carbonyl (C=O) groups excluding carboxylic acids is 2. The molecule has 0 aliphatic rings. The zero-order valence-corrected chi connectivity index (χ0v) is 20.4. The van der Waals surface area contributed by atoms with E-state index in [1.807, 2.05) is 19.1 Å². The number of carbonyl (C=O) groups is 2. The molecule has 8 nitrogen and oxygen atoms in total. The van der Waals surface area contributed by atoms with E-state index in [1.165, 1.54) is 55.4 Å². The number of aryl methyl sites for hydroxylation is 1. The van der Waals surface area contributed by atoms with E-state index in [0.29, 0.717) is 17.1 Å². The van der Waals surface area contributed by atoms with Crippen molar-refractivity contribution in [1.82, 2.24) is 4.90 Å². The summed E-state index contributed by atoms with van der Waals surface area (Å²) in [4.78, 5) is 25.7. The maximum atomic E-state index is 13.1. The van der Waals surface area contributed by atoms with Crippen LogP contribution >= 0.6 is 0 Å². The third-order valence-corrected chi connectivity index (χ3v) is 6.98. The summed E-state index contributed by atoms with van der Waals surface area (Å²) in [6.07, 6.45) is 0. The summed E-state index contributed by atoms with van der Waals surface area (Å²) in [6, 6.07) is 18.0. The van der Waals surface area contributed by atoms with E-state index in [-0.39, 0.29) is 24.0 Å². The molecule has 1 N–H and O–H groups in total. The Hall–Kier alpha value is -3.92. The van der Waals surface area contributed by atoms with Crippen LogP contribution in [0.1, 0.15) is 5.56 Å². The van der Waals surface area contributed by atoms with Gasteiger partial charge in [0.25, 0.3) is 15.9 Å². The number of ether oxygens (including phenoxy) is 1. The SMILES string of the molecule is Cc1ccc(NC(=O)CN(C)C(=O)COc2ccc(N(C)S(=O)(=O)c3ccc(F)cc3)cc2)cc1. The molecule has 35 heavy (non-hydrogen) atoms. The molecular weight excluding hydrogens is 473 g/mol. The van der Waals surface area contributed by atoms with Crippen LogP contribution in [0.4, 0.5) is 15.8 Å². The average Bonchev–Trinajstić information content (AvgIpc) is 2.84. The van der Waals surface area contributed by atoms with E-state index in [9.17, 15) is 22.4 Å². The van der Waals surface area contributed by atoms with Gasteiger partial charge in [0.2, 0.25) is 5.91 Å². The van der Waals surface area contributed by atoms with Gasteiger partial charge in [-0.25, -0.2) is 12.8 Å². The number of hydrogen-bond donors (Lipinski definition) is 1. The van der Waals surface area contributed by atoms with Gasteiger partial charge in [-0.15, -0.1) is 0 Å². The molecule has 0 spiro atoms. The van der Waals surface area contributed by atoms with Crippen molar-refractivity contribution < 1.29 is 27.1 Å². The van der Waals surface area contributed by atoms with E-state index in [0.717, 1.165) is 22.0 Å². The topological polar surface area (TPSA) is 96.0 Å². The van der Waals surface area contributed by atoms with Gasteiger partial charge in [-0.1, -0.05) is 17.7 Å². The number of nitrogens with one attached hydrogen (secondary N) is 1. The molecule has 0 saturated carbocycles. The Balaban J connectivity index is 1.52. The van der Waals surface area contributed by atoms with Crippen LogP contribution in [0, 0.1) is 12.7 Å². The molecule has 0 fully saturated rings. The molecule has 0 unspecified atom stereocenters. The molecule has 0 saturated heterocycles. The van der Waals surface area contributed by atoms with Crippen molar-refractivity contribution in [3.8, 4) is 5.75 Å². The van der Waals surface area contributed by atoms with Crippen molar-refractivity contribution in [2.75, 3.05) is 36.9 Å². The summed E-state index contributed by atoms with van der Waals surface area (Å²) in [7, 11) is -0.985. The monoisotopic (exact) mass is 499 g/mol. The van der Waals surface area contributed by atoms with Gasteiger partial charge in [0, 0.05) is 19.8 Å². The smallest absolute Gasteiger partial charge is 0.264 e. The zero-order valence-electron chi connectivity index (χ0n) is 19.6. The molecular formula is C25H26FN3O5S. The van der Waals surface area contributed by atoms with Crippen LogP contribution in [-0.2, 0) is 19.6 Å². The van der Waals surface area contributed by atoms with Crippen LogP contribution in [0.2, 0.25) is 0 Å². The fourth-order valence-electron chi connectivity index (χ4n) is 3.05. The highest BCUT2D eigenvalue weighted by atomic mass is 32.2. The minimum absolute atomic E-state index is 0.0400. The van der Waals surface area contributed by atoms with E-state index in [2.05, 4.69) is 5.32 Å². The van der Waals surface area contributed by atoms with E-state index in [1.54, 1.807) is 12.1 Å². The van der Waals surface area contributed by atoms with Crippen LogP contribution in [0.25, 0.3) is 0 Å². The second-order valence-electron chi connectivity index (χ2n) is 7.87. The fourth-order valence-corrected chi connectivity index (χ4v) is 4.25. The molecule has 3 rings (SSSR count). The molecule has 2 amide bonds. The molecule has 10 heteroatoms. The van der Waals surface area contributed by atoms with Crippen molar-refractivity contribution in [2.45, 2.75) is 11.8 Å². The summed E-state index contributed by atoms with van der Waals surface area (Å²) in [5.74, 6) is -0.907. The maximum Gasteiger partial charge on any atom is 0.264 e. The van der Waals surface area contributed by atoms with Crippen molar-refractivity contribution in [2.24, 2.45) is 0 Å². The van der Waals surface area contributed by atoms with E-state index >= 15 is 0 Å². The van der Waals surface area contributed by atoms with E-state index in [4.69, 9.17) is 4.74 Å². The predicted octanol–water partition coefficient (Wildman–Crippen LogP) is 3.44. The summed E-state index contributed by atoms with van der Waals surface area (Å²) in [5.41, 5.74) is 2.07. The normalized spacial score (nSPS) is 11.0. The summed E-state index contributed by atoms with van der Waals surface area (Å²) < 4.78 is 45.1. The number of halogens is 1. The molecule has 0 aliphatic heterocycles. The quantitative estimate of drug-likeness (QED) is 0.487. The highest BCUT2D eigenvalue weighted by Gasteiger charge is 2.21. The van der Waals surface area contributed by atoms with Gasteiger partial charge in [0.1, 0.15) is 11.6 Å². The number of likely N-dealkylation sites (N-methyl/N-ethyl adjacent to an activating group) is 1. The summed E-state index contributed by atoms with van der Waals surface area (Å²) in [6.45, 7) is 1.51. The van der Waals surface area contributed by atoms with Gasteiger partial charge in [-0.05, 0) is 67.6 Å². The molecule has 0 radical (unpaired) electrons. The Kier molecular flexibility index (Phi) is 8.08. The van der Waals surface area contributed by atoms with Crippen molar-refractivity contribution in [3.63, 3.8) is 0 Å². The minimum Gasteiger partial charge on any atom is -0.484 e. The lowest BCUT2D eigenvalue weighted by Crippen LogP contribution is -2.37. The predicted molar refractivity (Wildman–Crippen MR) is 131 cm³/mol. The Labute approximate surface area is 204 Å². The number of hydrogen-bond acceptors (Lipinski definition) is 5. The third kappa shape index (κ3) is 6.80. The molecule has 0 aromatic heterocycles. The van der Waals surface area contributed by atoms with Gasteiger partial charge < -0.3 is 15.0 Å². The van der Waals surface area contributed by atoms with Crippen molar-refractivity contribution in [1.29, 1.82) is 0 Å². The number of amides is 2. The number of sulfonamides is 1. The van der Waals surface area contributed by atoms with Gasteiger partial charge >= 0.3 is 0 Å². The maximum absolute atomic E-state index is 13.1. The number of rotatable bonds is 9. The molecule has 184 valence electrons. The lowest BCUT2D eigenvalue weighted by atomic mass is 10.2. The van der Waals surface area contributed by atoms with Crippen molar-refractivity contribution >= 4 is 33.2 Å². The second-order valence-corrected chi connectivity index (χ2v) is 9.84. The number of benzene rings is 3. The van der Waals surface area contributed by atoms with Crippen LogP contribution in [0.3, 0.4) is 0 Å². The average molecular weight is 500 g/mol. The highest BCUT2D eigenvalue weighted by Crippen LogP contribution is 2.24. The Morgan fingerprint density at radius 2 is 1.51 bits per heavy atom. The van der Waals surface area contributed by atoms with Gasteiger partial charge in [0.15, 0.2) is 6.61 Å². The lowest BCUT2D eigenvalue weighted by molar-refractivity contribution is -0.135. The van der Waals surface area contributed by atoms with Gasteiger partial charge in [0.05, 0.1) is 17.1 Å². The lowest BCUT2D eigenvalue weighted by Gasteiger charge is -2.20. The Morgan fingerprint density at radius 3 is 2.11 bits per heavy atom.